The van der Waals surface area contributed by atoms with Gasteiger partial charge in [0.1, 0.15) is 0 Å². The van der Waals surface area contributed by atoms with Crippen LogP contribution in [-0.2, 0) is 14.3 Å². The minimum Gasteiger partial charge on any atom is -0.454 e. The number of nitrogens with one attached hydrogen (secondary N) is 1. The van der Waals surface area contributed by atoms with Crippen molar-refractivity contribution in [1.29, 1.82) is 0 Å². The van der Waals surface area contributed by atoms with Crippen LogP contribution in [0.25, 0.3) is 6.08 Å². The van der Waals surface area contributed by atoms with Crippen molar-refractivity contribution in [3.05, 3.63) is 58.1 Å². The van der Waals surface area contributed by atoms with Gasteiger partial charge in [-0.15, -0.1) is 0 Å². The van der Waals surface area contributed by atoms with Gasteiger partial charge in [0.2, 0.25) is 6.79 Å². The highest BCUT2D eigenvalue weighted by Crippen LogP contribution is 2.32. The maximum Gasteiger partial charge on any atom is 0.331 e. The van der Waals surface area contributed by atoms with E-state index in [0.717, 1.165) is 15.6 Å². The molecule has 0 aromatic heterocycles. The fraction of sp³-hybridized carbons (Fsp3) is 0.158. The van der Waals surface area contributed by atoms with Gasteiger partial charge in [0.15, 0.2) is 18.1 Å². The van der Waals surface area contributed by atoms with Crippen LogP contribution in [0.1, 0.15) is 11.1 Å². The number of carbonyl (C=O) groups excluding carboxylic acids is 2. The monoisotopic (exact) mass is 417 g/mol. The van der Waals surface area contributed by atoms with E-state index >= 15 is 0 Å². The van der Waals surface area contributed by atoms with Gasteiger partial charge < -0.3 is 19.5 Å². The Kier molecular flexibility index (Phi) is 5.58. The maximum absolute atomic E-state index is 11.9. The second kappa shape index (κ2) is 8.05. The molecule has 0 spiro atoms. The van der Waals surface area contributed by atoms with Gasteiger partial charge in [-0.3, -0.25) is 4.79 Å². The molecule has 1 aliphatic heterocycles. The van der Waals surface area contributed by atoms with Gasteiger partial charge >= 0.3 is 5.97 Å². The number of rotatable bonds is 5. The van der Waals surface area contributed by atoms with Crippen molar-refractivity contribution in [3.63, 3.8) is 0 Å². The van der Waals surface area contributed by atoms with Crippen LogP contribution in [0.15, 0.2) is 46.9 Å². The van der Waals surface area contributed by atoms with Crippen LogP contribution in [0.4, 0.5) is 5.69 Å². The van der Waals surface area contributed by atoms with E-state index in [4.69, 9.17) is 14.2 Å². The summed E-state index contributed by atoms with van der Waals surface area (Å²) in [5.74, 6) is 0.292. The number of esters is 1. The first-order valence-electron chi connectivity index (χ1n) is 7.82. The smallest absolute Gasteiger partial charge is 0.331 e. The number of ether oxygens (including phenoxy) is 3. The summed E-state index contributed by atoms with van der Waals surface area (Å²) < 4.78 is 16.4. The molecule has 2 aromatic rings. The number of hydrogen-bond acceptors (Lipinski definition) is 5. The van der Waals surface area contributed by atoms with Crippen LogP contribution in [-0.4, -0.2) is 25.3 Å². The molecule has 0 saturated heterocycles. The van der Waals surface area contributed by atoms with E-state index in [2.05, 4.69) is 21.2 Å². The van der Waals surface area contributed by atoms with Crippen LogP contribution in [0, 0.1) is 6.92 Å². The fourth-order valence-electron chi connectivity index (χ4n) is 2.32. The largest absolute Gasteiger partial charge is 0.454 e. The molecule has 1 N–H and O–H groups in total. The Balaban J connectivity index is 1.49. The predicted octanol–water partition coefficient (Wildman–Crippen LogP) is 3.68. The van der Waals surface area contributed by atoms with Gasteiger partial charge in [-0.2, -0.15) is 0 Å². The van der Waals surface area contributed by atoms with Gasteiger partial charge in [-0.05, 0) is 54.5 Å². The highest BCUT2D eigenvalue weighted by Gasteiger charge is 2.12. The van der Waals surface area contributed by atoms with E-state index in [1.165, 1.54) is 6.08 Å². The van der Waals surface area contributed by atoms with Crippen LogP contribution >= 0.6 is 15.9 Å². The Morgan fingerprint density at radius 2 is 2.00 bits per heavy atom. The molecule has 0 aliphatic carbocycles. The minimum absolute atomic E-state index is 0.192. The van der Waals surface area contributed by atoms with E-state index in [-0.39, 0.29) is 13.4 Å². The Morgan fingerprint density at radius 1 is 1.19 bits per heavy atom. The topological polar surface area (TPSA) is 73.9 Å². The standard InChI is InChI=1S/C19H16BrNO5/c1-12-8-14(20)4-5-15(12)21-18(22)10-24-19(23)7-3-13-2-6-16-17(9-13)26-11-25-16/h2-9H,10-11H2,1H3,(H,21,22)/b7-3+. The van der Waals surface area contributed by atoms with Crippen LogP contribution in [0.5, 0.6) is 11.5 Å². The van der Waals surface area contributed by atoms with Crippen LogP contribution < -0.4 is 14.8 Å². The van der Waals surface area contributed by atoms with Crippen molar-refractivity contribution >= 4 is 39.6 Å². The minimum atomic E-state index is -0.606. The molecule has 0 saturated carbocycles. The number of amides is 1. The molecule has 134 valence electrons. The number of fused-ring (bicyclic) bond motifs is 1. The van der Waals surface area contributed by atoms with Crippen molar-refractivity contribution in [1.82, 2.24) is 0 Å². The number of anilines is 1. The lowest BCUT2D eigenvalue weighted by molar-refractivity contribution is -0.142. The Morgan fingerprint density at radius 3 is 2.81 bits per heavy atom. The summed E-state index contributed by atoms with van der Waals surface area (Å²) in [4.78, 5) is 23.7. The quantitative estimate of drug-likeness (QED) is 0.593. The Labute approximate surface area is 158 Å². The first kappa shape index (κ1) is 18.0. The number of carbonyl (C=O) groups is 2. The molecule has 26 heavy (non-hydrogen) atoms. The van der Waals surface area contributed by atoms with Crippen molar-refractivity contribution in [2.75, 3.05) is 18.7 Å². The molecular weight excluding hydrogens is 402 g/mol. The lowest BCUT2D eigenvalue weighted by atomic mass is 10.2. The van der Waals surface area contributed by atoms with Gasteiger partial charge in [-0.25, -0.2) is 4.79 Å². The first-order chi connectivity index (χ1) is 12.5. The molecule has 6 nitrogen and oxygen atoms in total. The SMILES string of the molecule is Cc1cc(Br)ccc1NC(=O)COC(=O)/C=C/c1ccc2c(c1)OCO2. The molecule has 1 heterocycles. The number of hydrogen-bond donors (Lipinski definition) is 1. The van der Waals surface area contributed by atoms with Crippen molar-refractivity contribution in [2.24, 2.45) is 0 Å². The average Bonchev–Trinajstić information content (AvgIpc) is 3.08. The van der Waals surface area contributed by atoms with Gasteiger partial charge in [0.25, 0.3) is 5.91 Å². The zero-order valence-corrected chi connectivity index (χ0v) is 15.5. The lowest BCUT2D eigenvalue weighted by Crippen LogP contribution is -2.20. The van der Waals surface area contributed by atoms with E-state index < -0.39 is 11.9 Å². The molecule has 0 unspecified atom stereocenters. The zero-order valence-electron chi connectivity index (χ0n) is 14.0. The molecule has 1 amide bonds. The number of aryl methyl sites for hydroxylation is 1. The van der Waals surface area contributed by atoms with Gasteiger partial charge in [0, 0.05) is 16.2 Å². The summed E-state index contributed by atoms with van der Waals surface area (Å²) in [5.41, 5.74) is 2.34. The molecule has 1 aliphatic rings. The van der Waals surface area contributed by atoms with Crippen molar-refractivity contribution in [2.45, 2.75) is 6.92 Å². The predicted molar refractivity (Wildman–Crippen MR) is 100 cm³/mol. The fourth-order valence-corrected chi connectivity index (χ4v) is 2.80. The third-order valence-electron chi connectivity index (χ3n) is 3.62. The van der Waals surface area contributed by atoms with Crippen molar-refractivity contribution in [3.8, 4) is 11.5 Å². The normalized spacial score (nSPS) is 12.2. The average molecular weight is 418 g/mol. The summed E-state index contributed by atoms with van der Waals surface area (Å²) in [6.07, 6.45) is 2.84. The molecule has 0 atom stereocenters. The zero-order chi connectivity index (χ0) is 18.5. The summed E-state index contributed by atoms with van der Waals surface area (Å²) in [5, 5.41) is 2.70. The molecule has 0 fully saturated rings. The Hall–Kier alpha value is -2.80. The second-order valence-corrected chi connectivity index (χ2v) is 6.48. The van der Waals surface area contributed by atoms with Gasteiger partial charge in [0.05, 0.1) is 0 Å². The summed E-state index contributed by atoms with van der Waals surface area (Å²) in [7, 11) is 0. The molecule has 0 radical (unpaired) electrons. The number of benzene rings is 2. The first-order valence-corrected chi connectivity index (χ1v) is 8.61. The van der Waals surface area contributed by atoms with E-state index in [1.54, 1.807) is 30.3 Å². The molecule has 3 rings (SSSR count). The molecule has 7 heteroatoms. The third-order valence-corrected chi connectivity index (χ3v) is 4.11. The number of halogens is 1. The second-order valence-electron chi connectivity index (χ2n) is 5.56. The highest BCUT2D eigenvalue weighted by molar-refractivity contribution is 9.10. The maximum atomic E-state index is 11.9. The van der Waals surface area contributed by atoms with Crippen LogP contribution in [0.2, 0.25) is 0 Å². The van der Waals surface area contributed by atoms with Crippen LogP contribution in [0.3, 0.4) is 0 Å². The highest BCUT2D eigenvalue weighted by atomic mass is 79.9. The van der Waals surface area contributed by atoms with E-state index in [9.17, 15) is 9.59 Å². The summed E-state index contributed by atoms with van der Waals surface area (Å²) in [6.45, 7) is 1.71. The van der Waals surface area contributed by atoms with E-state index in [1.807, 2.05) is 19.1 Å². The van der Waals surface area contributed by atoms with Gasteiger partial charge in [-0.1, -0.05) is 22.0 Å². The molecule has 2 aromatic carbocycles. The summed E-state index contributed by atoms with van der Waals surface area (Å²) >= 11 is 3.36. The van der Waals surface area contributed by atoms with E-state index in [0.29, 0.717) is 17.2 Å². The Bertz CT molecular complexity index is 878. The third kappa shape index (κ3) is 4.64. The lowest BCUT2D eigenvalue weighted by Gasteiger charge is -2.08. The van der Waals surface area contributed by atoms with Crippen molar-refractivity contribution < 1.29 is 23.8 Å². The molecular formula is C19H16BrNO5. The molecule has 0 bridgehead atoms. The summed E-state index contributed by atoms with van der Waals surface area (Å²) in [6, 6.07) is 10.8.